The summed E-state index contributed by atoms with van der Waals surface area (Å²) in [6, 6.07) is 2.60. The number of rotatable bonds is 5. The van der Waals surface area contributed by atoms with Gasteiger partial charge in [-0.3, -0.25) is 10.2 Å². The Kier molecular flexibility index (Phi) is 4.29. The highest BCUT2D eigenvalue weighted by Gasteiger charge is 2.46. The van der Waals surface area contributed by atoms with E-state index >= 15 is 0 Å². The number of hydrogen-bond donors (Lipinski definition) is 1. The summed E-state index contributed by atoms with van der Waals surface area (Å²) >= 11 is 0. The highest BCUT2D eigenvalue weighted by Crippen LogP contribution is 2.40. The van der Waals surface area contributed by atoms with Gasteiger partial charge in [-0.05, 0) is 43.6 Å². The summed E-state index contributed by atoms with van der Waals surface area (Å²) in [5.74, 6) is 2.12. The molecule has 0 aromatic carbocycles. The third-order valence-electron chi connectivity index (χ3n) is 4.38. The zero-order valence-electron chi connectivity index (χ0n) is 12.1. The van der Waals surface area contributed by atoms with Crippen LogP contribution < -0.4 is 5.32 Å². The third-order valence-corrected chi connectivity index (χ3v) is 4.38. The van der Waals surface area contributed by atoms with E-state index in [0.29, 0.717) is 5.92 Å². The topological polar surface area (TPSA) is 39.1 Å². The lowest BCUT2D eigenvalue weighted by Crippen LogP contribution is -2.56. The lowest BCUT2D eigenvalue weighted by atomic mass is 9.88. The summed E-state index contributed by atoms with van der Waals surface area (Å²) in [7, 11) is 0. The van der Waals surface area contributed by atoms with Gasteiger partial charge in [-0.2, -0.15) is 5.26 Å². The molecule has 0 spiro atoms. The molecule has 1 N–H and O–H groups in total. The molecule has 0 radical (unpaired) electrons. The molecule has 102 valence electrons. The van der Waals surface area contributed by atoms with Gasteiger partial charge in [-0.1, -0.05) is 20.8 Å². The van der Waals surface area contributed by atoms with Gasteiger partial charge in [-0.15, -0.1) is 0 Å². The van der Waals surface area contributed by atoms with Crippen LogP contribution in [0.3, 0.4) is 0 Å². The van der Waals surface area contributed by atoms with E-state index in [0.717, 1.165) is 38.0 Å². The van der Waals surface area contributed by atoms with Crippen molar-refractivity contribution in [2.45, 2.75) is 45.6 Å². The van der Waals surface area contributed by atoms with E-state index in [4.69, 9.17) is 0 Å². The van der Waals surface area contributed by atoms with Gasteiger partial charge in [0.2, 0.25) is 0 Å². The Morgan fingerprint density at radius 3 is 2.33 bits per heavy atom. The SMILES string of the molecule is CCNC(C#N)(CN1CC(C)CC(C)C1)C1CC1. The van der Waals surface area contributed by atoms with Crippen molar-refractivity contribution in [3.05, 3.63) is 0 Å². The Bertz CT molecular complexity index is 308. The molecule has 0 aromatic rings. The van der Waals surface area contributed by atoms with Gasteiger partial charge in [-0.25, -0.2) is 0 Å². The Balaban J connectivity index is 2.02. The first-order valence-electron chi connectivity index (χ1n) is 7.48. The van der Waals surface area contributed by atoms with Crippen molar-refractivity contribution in [3.8, 4) is 6.07 Å². The van der Waals surface area contributed by atoms with E-state index in [9.17, 15) is 5.26 Å². The number of likely N-dealkylation sites (N-methyl/N-ethyl adjacent to an activating group) is 1. The smallest absolute Gasteiger partial charge is 0.122 e. The minimum Gasteiger partial charge on any atom is -0.300 e. The maximum atomic E-state index is 9.64. The maximum absolute atomic E-state index is 9.64. The van der Waals surface area contributed by atoms with Gasteiger partial charge >= 0.3 is 0 Å². The first-order chi connectivity index (χ1) is 8.59. The number of hydrogen-bond acceptors (Lipinski definition) is 3. The van der Waals surface area contributed by atoms with E-state index in [2.05, 4.69) is 37.1 Å². The van der Waals surface area contributed by atoms with Crippen LogP contribution in [0, 0.1) is 29.1 Å². The molecule has 2 aliphatic rings. The molecule has 3 unspecified atom stereocenters. The quantitative estimate of drug-likeness (QED) is 0.812. The van der Waals surface area contributed by atoms with Crippen LogP contribution in [-0.2, 0) is 0 Å². The molecule has 1 aliphatic carbocycles. The first-order valence-corrected chi connectivity index (χ1v) is 7.48. The van der Waals surface area contributed by atoms with E-state index in [1.54, 1.807) is 0 Å². The second kappa shape index (κ2) is 5.59. The van der Waals surface area contributed by atoms with Crippen LogP contribution in [0.25, 0.3) is 0 Å². The van der Waals surface area contributed by atoms with Gasteiger partial charge in [0.05, 0.1) is 6.07 Å². The molecule has 1 saturated heterocycles. The number of nitriles is 1. The molecule has 2 fully saturated rings. The molecule has 18 heavy (non-hydrogen) atoms. The average Bonchev–Trinajstić information content (AvgIpc) is 3.11. The highest BCUT2D eigenvalue weighted by molar-refractivity contribution is 5.16. The predicted octanol–water partition coefficient (Wildman–Crippen LogP) is 2.25. The minimum absolute atomic E-state index is 0.286. The van der Waals surface area contributed by atoms with Gasteiger partial charge in [0, 0.05) is 19.6 Å². The van der Waals surface area contributed by atoms with E-state index in [1.165, 1.54) is 19.3 Å². The standard InChI is InChI=1S/C15H27N3/c1-4-17-15(10-16,14-5-6-14)11-18-8-12(2)7-13(3)9-18/h12-14,17H,4-9,11H2,1-3H3. The Hall–Kier alpha value is -0.590. The van der Waals surface area contributed by atoms with Crippen LogP contribution in [0.2, 0.25) is 0 Å². The van der Waals surface area contributed by atoms with Crippen LogP contribution in [-0.4, -0.2) is 36.6 Å². The largest absolute Gasteiger partial charge is 0.300 e. The molecule has 0 amide bonds. The van der Waals surface area contributed by atoms with Gasteiger partial charge in [0.1, 0.15) is 5.54 Å². The monoisotopic (exact) mass is 249 g/mol. The van der Waals surface area contributed by atoms with Crippen LogP contribution >= 0.6 is 0 Å². The van der Waals surface area contributed by atoms with Crippen molar-refractivity contribution in [2.75, 3.05) is 26.2 Å². The van der Waals surface area contributed by atoms with E-state index in [-0.39, 0.29) is 5.54 Å². The molecule has 0 bridgehead atoms. The lowest BCUT2D eigenvalue weighted by Gasteiger charge is -2.40. The van der Waals surface area contributed by atoms with Gasteiger partial charge in [0.15, 0.2) is 0 Å². The minimum atomic E-state index is -0.286. The van der Waals surface area contributed by atoms with Crippen molar-refractivity contribution in [1.29, 1.82) is 5.26 Å². The summed E-state index contributed by atoms with van der Waals surface area (Å²) in [4.78, 5) is 2.52. The average molecular weight is 249 g/mol. The van der Waals surface area contributed by atoms with Gasteiger partial charge < -0.3 is 0 Å². The number of piperidine rings is 1. The molecule has 3 atom stereocenters. The normalized spacial score (nSPS) is 32.8. The van der Waals surface area contributed by atoms with Crippen molar-refractivity contribution in [2.24, 2.45) is 17.8 Å². The van der Waals surface area contributed by atoms with E-state index < -0.39 is 0 Å². The second-order valence-corrected chi connectivity index (χ2v) is 6.53. The summed E-state index contributed by atoms with van der Waals surface area (Å²) in [6.07, 6.45) is 3.78. The maximum Gasteiger partial charge on any atom is 0.122 e. The van der Waals surface area contributed by atoms with E-state index in [1.807, 2.05) is 0 Å². The molecule has 1 saturated carbocycles. The molecule has 1 heterocycles. The third kappa shape index (κ3) is 3.05. The summed E-state index contributed by atoms with van der Waals surface area (Å²) < 4.78 is 0. The van der Waals surface area contributed by atoms with Crippen LogP contribution in [0.1, 0.15) is 40.0 Å². The molecule has 1 aliphatic heterocycles. The molecular weight excluding hydrogens is 222 g/mol. The molecule has 3 heteroatoms. The number of nitrogens with one attached hydrogen (secondary N) is 1. The zero-order valence-corrected chi connectivity index (χ0v) is 12.1. The highest BCUT2D eigenvalue weighted by atomic mass is 15.2. The van der Waals surface area contributed by atoms with Crippen molar-refractivity contribution in [3.63, 3.8) is 0 Å². The lowest BCUT2D eigenvalue weighted by molar-refractivity contribution is 0.109. The fourth-order valence-corrected chi connectivity index (χ4v) is 3.66. The fourth-order valence-electron chi connectivity index (χ4n) is 3.66. The van der Waals surface area contributed by atoms with Crippen LogP contribution in [0.15, 0.2) is 0 Å². The summed E-state index contributed by atoms with van der Waals surface area (Å²) in [5.41, 5.74) is -0.286. The number of nitrogens with zero attached hydrogens (tertiary/aromatic N) is 2. The summed E-state index contributed by atoms with van der Waals surface area (Å²) in [5, 5.41) is 13.1. The van der Waals surface area contributed by atoms with Crippen LogP contribution in [0.4, 0.5) is 0 Å². The van der Waals surface area contributed by atoms with Crippen molar-refractivity contribution in [1.82, 2.24) is 10.2 Å². The van der Waals surface area contributed by atoms with Gasteiger partial charge in [0.25, 0.3) is 0 Å². The predicted molar refractivity (Wildman–Crippen MR) is 74.1 cm³/mol. The van der Waals surface area contributed by atoms with Crippen molar-refractivity contribution < 1.29 is 0 Å². The first kappa shape index (κ1) is 13.8. The second-order valence-electron chi connectivity index (χ2n) is 6.53. The zero-order chi connectivity index (χ0) is 13.2. The number of likely N-dealkylation sites (tertiary alicyclic amines) is 1. The molecular formula is C15H27N3. The molecule has 2 rings (SSSR count). The molecule has 0 aromatic heterocycles. The fraction of sp³-hybridized carbons (Fsp3) is 0.933. The summed E-state index contributed by atoms with van der Waals surface area (Å²) in [6.45, 7) is 10.9. The Morgan fingerprint density at radius 1 is 1.28 bits per heavy atom. The Morgan fingerprint density at radius 2 is 1.89 bits per heavy atom. The van der Waals surface area contributed by atoms with Crippen LogP contribution in [0.5, 0.6) is 0 Å². The Labute approximate surface area is 112 Å². The van der Waals surface area contributed by atoms with Crippen molar-refractivity contribution >= 4 is 0 Å². The molecule has 3 nitrogen and oxygen atoms in total.